The number of H-pyrrole nitrogens is 1. The van der Waals surface area contributed by atoms with Gasteiger partial charge in [0.15, 0.2) is 5.82 Å². The maximum Gasteiger partial charge on any atom is 0.238 e. The zero-order chi connectivity index (χ0) is 13.5. The van der Waals surface area contributed by atoms with Crippen molar-refractivity contribution >= 4 is 21.1 Å². The predicted molar refractivity (Wildman–Crippen MR) is 70.7 cm³/mol. The molecule has 1 aromatic carbocycles. The van der Waals surface area contributed by atoms with Crippen LogP contribution in [0.5, 0.6) is 0 Å². The average Bonchev–Trinajstić information content (AvgIpc) is 2.81. The smallest absolute Gasteiger partial charge is 0.238 e. The summed E-state index contributed by atoms with van der Waals surface area (Å²) in [6.07, 6.45) is 1.66. The molecule has 3 N–H and O–H groups in total. The molecule has 19 heavy (non-hydrogen) atoms. The van der Waals surface area contributed by atoms with Gasteiger partial charge in [-0.1, -0.05) is 6.07 Å². The molecule has 0 bridgehead atoms. The first-order valence-electron chi connectivity index (χ1n) is 5.48. The normalized spacial score (nSPS) is 11.8. The largest absolute Gasteiger partial charge is 0.337 e. The van der Waals surface area contributed by atoms with Gasteiger partial charge in [-0.3, -0.25) is 4.98 Å². The molecule has 0 spiro atoms. The predicted octanol–water partition coefficient (Wildman–Crippen LogP) is 1.27. The number of nitrogens with one attached hydrogen (secondary N) is 1. The molecule has 2 aromatic heterocycles. The van der Waals surface area contributed by atoms with Gasteiger partial charge in [0.25, 0.3) is 0 Å². The molecule has 0 aliphatic rings. The minimum absolute atomic E-state index is 0.0521. The van der Waals surface area contributed by atoms with Crippen LogP contribution in [0.4, 0.5) is 0 Å². The number of aromatic nitrogens is 3. The van der Waals surface area contributed by atoms with E-state index in [9.17, 15) is 8.42 Å². The molecule has 6 nitrogen and oxygen atoms in total. The van der Waals surface area contributed by atoms with E-state index in [1.165, 1.54) is 12.1 Å². The molecule has 2 heterocycles. The van der Waals surface area contributed by atoms with Crippen molar-refractivity contribution in [2.45, 2.75) is 4.90 Å². The number of nitrogens with zero attached hydrogens (tertiary/aromatic N) is 2. The molecule has 0 aliphatic heterocycles. The minimum atomic E-state index is -3.71. The van der Waals surface area contributed by atoms with Crippen molar-refractivity contribution in [3.8, 4) is 11.5 Å². The number of aromatic amines is 1. The molecule has 0 fully saturated rings. The van der Waals surface area contributed by atoms with Gasteiger partial charge in [0.05, 0.1) is 15.9 Å². The zero-order valence-electron chi connectivity index (χ0n) is 9.74. The molecule has 0 amide bonds. The topological polar surface area (TPSA) is 102 Å². The van der Waals surface area contributed by atoms with Crippen LogP contribution in [0.15, 0.2) is 47.5 Å². The first-order chi connectivity index (χ1) is 9.04. The first kappa shape index (κ1) is 11.8. The van der Waals surface area contributed by atoms with E-state index in [1.807, 2.05) is 18.2 Å². The SMILES string of the molecule is NS(=O)(=O)c1ccc2nc(-c3ccccn3)[nH]c2c1. The lowest BCUT2D eigenvalue weighted by Gasteiger charge is -1.96. The number of nitrogens with two attached hydrogens (primary N) is 1. The monoisotopic (exact) mass is 274 g/mol. The molecule has 0 saturated heterocycles. The van der Waals surface area contributed by atoms with Gasteiger partial charge in [-0.25, -0.2) is 18.5 Å². The molecule has 0 aliphatic carbocycles. The first-order valence-corrected chi connectivity index (χ1v) is 7.03. The number of hydrogen-bond donors (Lipinski definition) is 2. The molecule has 3 aromatic rings. The van der Waals surface area contributed by atoms with Gasteiger partial charge in [-0.2, -0.15) is 0 Å². The van der Waals surface area contributed by atoms with Crippen molar-refractivity contribution in [2.75, 3.05) is 0 Å². The number of fused-ring (bicyclic) bond motifs is 1. The van der Waals surface area contributed by atoms with Crippen LogP contribution >= 0.6 is 0 Å². The lowest BCUT2D eigenvalue weighted by Crippen LogP contribution is -2.11. The molecule has 7 heteroatoms. The summed E-state index contributed by atoms with van der Waals surface area (Å²) in [4.78, 5) is 11.6. The van der Waals surface area contributed by atoms with Crippen LogP contribution in [0, 0.1) is 0 Å². The Kier molecular flexibility index (Phi) is 2.58. The summed E-state index contributed by atoms with van der Waals surface area (Å²) < 4.78 is 22.6. The molecule has 0 unspecified atom stereocenters. The fourth-order valence-electron chi connectivity index (χ4n) is 1.79. The van der Waals surface area contributed by atoms with E-state index in [1.54, 1.807) is 12.3 Å². The number of primary sulfonamides is 1. The highest BCUT2D eigenvalue weighted by atomic mass is 32.2. The lowest BCUT2D eigenvalue weighted by molar-refractivity contribution is 0.598. The Bertz CT molecular complexity index is 841. The Morgan fingerprint density at radius 3 is 2.68 bits per heavy atom. The summed E-state index contributed by atoms with van der Waals surface area (Å²) in [6.45, 7) is 0. The van der Waals surface area contributed by atoms with Crippen LogP contribution in [-0.4, -0.2) is 23.4 Å². The number of pyridine rings is 1. The van der Waals surface area contributed by atoms with E-state index in [0.717, 1.165) is 0 Å². The maximum absolute atomic E-state index is 11.3. The van der Waals surface area contributed by atoms with Gasteiger partial charge in [-0.05, 0) is 30.3 Å². The Morgan fingerprint density at radius 2 is 2.00 bits per heavy atom. The summed E-state index contributed by atoms with van der Waals surface area (Å²) in [5.74, 6) is 0.585. The molecular weight excluding hydrogens is 264 g/mol. The van der Waals surface area contributed by atoms with Crippen LogP contribution in [0.1, 0.15) is 0 Å². The average molecular weight is 274 g/mol. The van der Waals surface area contributed by atoms with Crippen LogP contribution in [-0.2, 0) is 10.0 Å². The fourth-order valence-corrected chi connectivity index (χ4v) is 2.33. The lowest BCUT2D eigenvalue weighted by atomic mass is 10.3. The molecule has 96 valence electrons. The van der Waals surface area contributed by atoms with Crippen molar-refractivity contribution in [3.05, 3.63) is 42.6 Å². The van der Waals surface area contributed by atoms with E-state index in [4.69, 9.17) is 5.14 Å². The van der Waals surface area contributed by atoms with E-state index in [-0.39, 0.29) is 4.90 Å². The standard InChI is InChI=1S/C12H10N4O2S/c13-19(17,18)8-4-5-9-11(7-8)16-12(15-9)10-3-1-2-6-14-10/h1-7H,(H,15,16)(H2,13,17,18). The quantitative estimate of drug-likeness (QED) is 0.734. The minimum Gasteiger partial charge on any atom is -0.337 e. The second-order valence-corrected chi connectivity index (χ2v) is 5.59. The molecule has 0 radical (unpaired) electrons. The number of benzene rings is 1. The highest BCUT2D eigenvalue weighted by Crippen LogP contribution is 2.20. The second-order valence-electron chi connectivity index (χ2n) is 4.02. The zero-order valence-corrected chi connectivity index (χ0v) is 10.6. The Morgan fingerprint density at radius 1 is 1.16 bits per heavy atom. The van der Waals surface area contributed by atoms with Crippen molar-refractivity contribution in [3.63, 3.8) is 0 Å². The van der Waals surface area contributed by atoms with E-state index >= 15 is 0 Å². The van der Waals surface area contributed by atoms with Gasteiger partial charge in [-0.15, -0.1) is 0 Å². The van der Waals surface area contributed by atoms with Gasteiger partial charge >= 0.3 is 0 Å². The number of hydrogen-bond acceptors (Lipinski definition) is 4. The van der Waals surface area contributed by atoms with Crippen LogP contribution < -0.4 is 5.14 Å². The fraction of sp³-hybridized carbons (Fsp3) is 0. The number of imidazole rings is 1. The third-order valence-corrected chi connectivity index (χ3v) is 3.60. The molecule has 0 saturated carbocycles. The Balaban J connectivity index is 2.17. The van der Waals surface area contributed by atoms with Gasteiger partial charge in [0, 0.05) is 6.20 Å². The van der Waals surface area contributed by atoms with Gasteiger partial charge in [0.1, 0.15) is 5.69 Å². The van der Waals surface area contributed by atoms with E-state index in [2.05, 4.69) is 15.0 Å². The van der Waals surface area contributed by atoms with Crippen LogP contribution in [0.25, 0.3) is 22.6 Å². The molecule has 3 rings (SSSR count). The molecule has 0 atom stereocenters. The van der Waals surface area contributed by atoms with E-state index < -0.39 is 10.0 Å². The summed E-state index contributed by atoms with van der Waals surface area (Å²) in [5.41, 5.74) is 1.95. The van der Waals surface area contributed by atoms with Gasteiger partial charge < -0.3 is 4.98 Å². The van der Waals surface area contributed by atoms with Crippen LogP contribution in [0.2, 0.25) is 0 Å². The van der Waals surface area contributed by atoms with Gasteiger partial charge in [0.2, 0.25) is 10.0 Å². The van der Waals surface area contributed by atoms with Crippen molar-refractivity contribution in [1.82, 2.24) is 15.0 Å². The van der Waals surface area contributed by atoms with Crippen molar-refractivity contribution in [2.24, 2.45) is 5.14 Å². The van der Waals surface area contributed by atoms with E-state index in [0.29, 0.717) is 22.6 Å². The summed E-state index contributed by atoms with van der Waals surface area (Å²) in [5, 5.41) is 5.09. The summed E-state index contributed by atoms with van der Waals surface area (Å²) >= 11 is 0. The summed E-state index contributed by atoms with van der Waals surface area (Å²) in [6, 6.07) is 9.98. The van der Waals surface area contributed by atoms with Crippen LogP contribution in [0.3, 0.4) is 0 Å². The highest BCUT2D eigenvalue weighted by Gasteiger charge is 2.11. The Labute approximate surface area is 109 Å². The highest BCUT2D eigenvalue weighted by molar-refractivity contribution is 7.89. The third kappa shape index (κ3) is 2.20. The Hall–Kier alpha value is -2.25. The number of rotatable bonds is 2. The number of sulfonamides is 1. The van der Waals surface area contributed by atoms with Crippen molar-refractivity contribution in [1.29, 1.82) is 0 Å². The second kappa shape index (κ2) is 4.15. The van der Waals surface area contributed by atoms with Crippen molar-refractivity contribution < 1.29 is 8.42 Å². The summed E-state index contributed by atoms with van der Waals surface area (Å²) in [7, 11) is -3.71. The third-order valence-electron chi connectivity index (χ3n) is 2.69. The maximum atomic E-state index is 11.3. The molecular formula is C12H10N4O2S.